The molecule has 4 heteroatoms. The van der Waals surface area contributed by atoms with Crippen LogP contribution in [0.15, 0.2) is 0 Å². The summed E-state index contributed by atoms with van der Waals surface area (Å²) in [4.78, 5) is 13.4. The highest BCUT2D eigenvalue weighted by Gasteiger charge is 2.28. The topological polar surface area (TPSA) is 49.8 Å². The Labute approximate surface area is 97.6 Å². The molecule has 1 rings (SSSR count). The van der Waals surface area contributed by atoms with Gasteiger partial charge in [0, 0.05) is 12.6 Å². The minimum absolute atomic E-state index is 0.226. The van der Waals surface area contributed by atoms with Crippen molar-refractivity contribution in [1.82, 2.24) is 4.90 Å². The average molecular weight is 229 g/mol. The summed E-state index contributed by atoms with van der Waals surface area (Å²) < 4.78 is 4.69. The second kappa shape index (κ2) is 5.64. The first-order chi connectivity index (χ1) is 7.42. The lowest BCUT2D eigenvalue weighted by atomic mass is 10.1. The van der Waals surface area contributed by atoms with Gasteiger partial charge in [-0.2, -0.15) is 0 Å². The maximum Gasteiger partial charge on any atom is 0.319 e. The van der Waals surface area contributed by atoms with E-state index in [9.17, 15) is 9.90 Å². The minimum Gasteiger partial charge on any atom is -0.468 e. The van der Waals surface area contributed by atoms with Gasteiger partial charge in [-0.3, -0.25) is 9.69 Å². The van der Waals surface area contributed by atoms with E-state index in [4.69, 9.17) is 4.74 Å². The smallest absolute Gasteiger partial charge is 0.319 e. The fourth-order valence-corrected chi connectivity index (χ4v) is 2.31. The van der Waals surface area contributed by atoms with Crippen LogP contribution in [0.25, 0.3) is 0 Å². The van der Waals surface area contributed by atoms with E-state index in [1.165, 1.54) is 20.0 Å². The second-order valence-corrected chi connectivity index (χ2v) is 5.23. The van der Waals surface area contributed by atoms with Gasteiger partial charge in [0.2, 0.25) is 0 Å². The predicted molar refractivity (Wildman–Crippen MR) is 62.1 cm³/mol. The highest BCUT2D eigenvalue weighted by atomic mass is 16.5. The summed E-state index contributed by atoms with van der Waals surface area (Å²) in [5.41, 5.74) is -0.767. The van der Waals surface area contributed by atoms with Gasteiger partial charge in [-0.05, 0) is 26.7 Å². The van der Waals surface area contributed by atoms with Gasteiger partial charge in [0.25, 0.3) is 0 Å². The third-order valence-electron chi connectivity index (χ3n) is 2.99. The first kappa shape index (κ1) is 13.5. The van der Waals surface area contributed by atoms with Crippen LogP contribution in [0.1, 0.15) is 39.5 Å². The van der Waals surface area contributed by atoms with Crippen LogP contribution in [-0.2, 0) is 9.53 Å². The van der Waals surface area contributed by atoms with Crippen LogP contribution < -0.4 is 0 Å². The third-order valence-corrected chi connectivity index (χ3v) is 2.99. The van der Waals surface area contributed by atoms with E-state index in [1.54, 1.807) is 13.8 Å². The van der Waals surface area contributed by atoms with Crippen LogP contribution in [-0.4, -0.2) is 47.8 Å². The van der Waals surface area contributed by atoms with Gasteiger partial charge < -0.3 is 9.84 Å². The van der Waals surface area contributed by atoms with Crippen LogP contribution in [0.5, 0.6) is 0 Å². The fraction of sp³-hybridized carbons (Fsp3) is 0.917. The molecular formula is C12H23NO3. The van der Waals surface area contributed by atoms with Crippen molar-refractivity contribution in [2.24, 2.45) is 0 Å². The summed E-state index contributed by atoms with van der Waals surface area (Å²) in [5, 5.41) is 9.84. The van der Waals surface area contributed by atoms with Crippen molar-refractivity contribution in [3.8, 4) is 0 Å². The highest BCUT2D eigenvalue weighted by molar-refractivity contribution is 5.71. The number of aliphatic hydroxyl groups is 1. The molecule has 1 aliphatic carbocycles. The zero-order valence-corrected chi connectivity index (χ0v) is 10.5. The van der Waals surface area contributed by atoms with E-state index in [1.807, 2.05) is 0 Å². The van der Waals surface area contributed by atoms with Gasteiger partial charge in [0.05, 0.1) is 19.3 Å². The first-order valence-corrected chi connectivity index (χ1v) is 5.95. The number of esters is 1. The molecule has 0 spiro atoms. The molecule has 0 aromatic carbocycles. The van der Waals surface area contributed by atoms with Crippen LogP contribution >= 0.6 is 0 Å². The molecule has 0 aliphatic heterocycles. The molecule has 0 amide bonds. The van der Waals surface area contributed by atoms with E-state index < -0.39 is 5.60 Å². The molecule has 0 atom stereocenters. The summed E-state index contributed by atoms with van der Waals surface area (Å²) in [5.74, 6) is -0.226. The Bertz CT molecular complexity index is 229. The van der Waals surface area contributed by atoms with Crippen molar-refractivity contribution in [2.75, 3.05) is 20.2 Å². The van der Waals surface area contributed by atoms with E-state index in [-0.39, 0.29) is 12.5 Å². The quantitative estimate of drug-likeness (QED) is 0.719. The van der Waals surface area contributed by atoms with Crippen molar-refractivity contribution in [1.29, 1.82) is 0 Å². The number of hydrogen-bond donors (Lipinski definition) is 1. The molecule has 0 aromatic rings. The maximum atomic E-state index is 11.3. The monoisotopic (exact) mass is 229 g/mol. The number of nitrogens with zero attached hydrogens (tertiary/aromatic N) is 1. The normalized spacial score (nSPS) is 18.1. The third kappa shape index (κ3) is 4.49. The molecule has 0 aromatic heterocycles. The van der Waals surface area contributed by atoms with Gasteiger partial charge in [0.15, 0.2) is 0 Å². The molecule has 0 bridgehead atoms. The van der Waals surface area contributed by atoms with Crippen molar-refractivity contribution in [2.45, 2.75) is 51.2 Å². The Morgan fingerprint density at radius 3 is 2.44 bits per heavy atom. The molecular weight excluding hydrogens is 206 g/mol. The Morgan fingerprint density at radius 1 is 1.44 bits per heavy atom. The Balaban J connectivity index is 2.57. The van der Waals surface area contributed by atoms with Gasteiger partial charge in [-0.25, -0.2) is 0 Å². The van der Waals surface area contributed by atoms with Gasteiger partial charge in [-0.15, -0.1) is 0 Å². The minimum atomic E-state index is -0.767. The SMILES string of the molecule is COC(=O)CN(CC(C)(C)O)C1CCCC1. The van der Waals surface area contributed by atoms with Gasteiger partial charge in [0.1, 0.15) is 0 Å². The average Bonchev–Trinajstić information content (AvgIpc) is 2.67. The maximum absolute atomic E-state index is 11.3. The van der Waals surface area contributed by atoms with E-state index in [0.717, 1.165) is 12.8 Å². The highest BCUT2D eigenvalue weighted by Crippen LogP contribution is 2.24. The molecule has 4 nitrogen and oxygen atoms in total. The molecule has 0 saturated heterocycles. The van der Waals surface area contributed by atoms with Crippen LogP contribution in [0.4, 0.5) is 0 Å². The van der Waals surface area contributed by atoms with Gasteiger partial charge in [-0.1, -0.05) is 12.8 Å². The lowest BCUT2D eigenvalue weighted by Gasteiger charge is -2.32. The van der Waals surface area contributed by atoms with Gasteiger partial charge >= 0.3 is 5.97 Å². The molecule has 1 fully saturated rings. The number of carbonyl (C=O) groups excluding carboxylic acids is 1. The summed E-state index contributed by atoms with van der Waals surface area (Å²) in [7, 11) is 1.40. The van der Waals surface area contributed by atoms with Crippen LogP contribution in [0, 0.1) is 0 Å². The largest absolute Gasteiger partial charge is 0.468 e. The van der Waals surface area contributed by atoms with Crippen molar-refractivity contribution < 1.29 is 14.6 Å². The summed E-state index contributed by atoms with van der Waals surface area (Å²) >= 11 is 0. The Morgan fingerprint density at radius 2 is 2.00 bits per heavy atom. The first-order valence-electron chi connectivity index (χ1n) is 5.95. The lowest BCUT2D eigenvalue weighted by molar-refractivity contribution is -0.143. The van der Waals surface area contributed by atoms with Crippen molar-refractivity contribution in [3.05, 3.63) is 0 Å². The number of ether oxygens (including phenoxy) is 1. The standard InChI is InChI=1S/C12H23NO3/c1-12(2,15)9-13(8-11(14)16-3)10-6-4-5-7-10/h10,15H,4-9H2,1-3H3. The van der Waals surface area contributed by atoms with Crippen molar-refractivity contribution in [3.63, 3.8) is 0 Å². The molecule has 0 unspecified atom stereocenters. The van der Waals surface area contributed by atoms with E-state index in [2.05, 4.69) is 4.90 Å². The second-order valence-electron chi connectivity index (χ2n) is 5.23. The molecule has 1 saturated carbocycles. The van der Waals surface area contributed by atoms with Crippen LogP contribution in [0.2, 0.25) is 0 Å². The summed E-state index contributed by atoms with van der Waals surface area (Å²) in [6, 6.07) is 0.422. The predicted octanol–water partition coefficient (Wildman–Crippen LogP) is 1.17. The zero-order chi connectivity index (χ0) is 12.2. The number of methoxy groups -OCH3 is 1. The fourth-order valence-electron chi connectivity index (χ4n) is 2.31. The number of hydrogen-bond acceptors (Lipinski definition) is 4. The van der Waals surface area contributed by atoms with E-state index >= 15 is 0 Å². The molecule has 1 aliphatic rings. The molecule has 1 N–H and O–H groups in total. The Hall–Kier alpha value is -0.610. The Kier molecular flexibility index (Phi) is 4.74. The van der Waals surface area contributed by atoms with Crippen LogP contribution in [0.3, 0.4) is 0 Å². The molecule has 94 valence electrons. The van der Waals surface area contributed by atoms with E-state index in [0.29, 0.717) is 12.6 Å². The lowest BCUT2D eigenvalue weighted by Crippen LogP contribution is -2.46. The molecule has 0 radical (unpaired) electrons. The molecule has 0 heterocycles. The number of carbonyl (C=O) groups is 1. The molecule has 16 heavy (non-hydrogen) atoms. The zero-order valence-electron chi connectivity index (χ0n) is 10.5. The summed E-state index contributed by atoms with van der Waals surface area (Å²) in [6.07, 6.45) is 4.67. The number of rotatable bonds is 5. The van der Waals surface area contributed by atoms with Crippen molar-refractivity contribution >= 4 is 5.97 Å². The summed E-state index contributed by atoms with van der Waals surface area (Å²) in [6.45, 7) is 4.34.